The number of benzene rings is 2. The lowest BCUT2D eigenvalue weighted by atomic mass is 10.2. The molecule has 0 aliphatic heterocycles. The van der Waals surface area contributed by atoms with Crippen molar-refractivity contribution in [2.45, 2.75) is 11.8 Å². The Bertz CT molecular complexity index is 572. The predicted octanol–water partition coefficient (Wildman–Crippen LogP) is 5.18. The van der Waals surface area contributed by atoms with Crippen molar-refractivity contribution in [3.8, 4) is 11.5 Å². The van der Waals surface area contributed by atoms with Crippen LogP contribution in [-0.4, -0.2) is 13.2 Å². The summed E-state index contributed by atoms with van der Waals surface area (Å²) in [4.78, 5) is 0. The molecule has 0 aliphatic carbocycles. The Morgan fingerprint density at radius 1 is 0.773 bits per heavy atom. The molecule has 116 valence electrons. The van der Waals surface area contributed by atoms with Gasteiger partial charge < -0.3 is 9.47 Å². The predicted molar refractivity (Wildman–Crippen MR) is 92.1 cm³/mol. The third-order valence-corrected chi connectivity index (χ3v) is 3.67. The normalized spacial score (nSPS) is 10.3. The average Bonchev–Trinajstić information content (AvgIpc) is 2.58. The zero-order valence-corrected chi connectivity index (χ0v) is 13.7. The molecule has 2 rings (SSSR count). The van der Waals surface area contributed by atoms with Crippen LogP contribution in [0.5, 0.6) is 11.5 Å². The molecule has 0 unspecified atom stereocenters. The zero-order valence-electron chi connectivity index (χ0n) is 12.2. The van der Waals surface area contributed by atoms with Crippen LogP contribution in [0.4, 0.5) is 0 Å². The molecular weight excluding hydrogens is 319 g/mol. The molecule has 2 aromatic carbocycles. The third kappa shape index (κ3) is 4.69. The van der Waals surface area contributed by atoms with Gasteiger partial charge >= 0.3 is 0 Å². The summed E-state index contributed by atoms with van der Waals surface area (Å²) in [6.45, 7) is 4.75. The van der Waals surface area contributed by atoms with E-state index in [1.165, 1.54) is 0 Å². The van der Waals surface area contributed by atoms with Crippen molar-refractivity contribution < 1.29 is 9.47 Å². The Balaban J connectivity index is 1.86. The van der Waals surface area contributed by atoms with Crippen molar-refractivity contribution in [3.63, 3.8) is 0 Å². The fourth-order valence-electron chi connectivity index (χ4n) is 1.91. The molecule has 0 N–H and O–H groups in total. The summed E-state index contributed by atoms with van der Waals surface area (Å²) >= 11 is 11.8. The highest BCUT2D eigenvalue weighted by atomic mass is 35.5. The number of alkyl halides is 2. The Kier molecular flexibility index (Phi) is 6.63. The van der Waals surface area contributed by atoms with E-state index in [9.17, 15) is 0 Å². The van der Waals surface area contributed by atoms with Crippen molar-refractivity contribution in [2.24, 2.45) is 0 Å². The smallest absolute Gasteiger partial charge is 0.124 e. The molecule has 0 aliphatic rings. The number of halogens is 2. The minimum atomic E-state index is 0.386. The van der Waals surface area contributed by atoms with Crippen LogP contribution in [0, 0.1) is 0 Å². The summed E-state index contributed by atoms with van der Waals surface area (Å²) in [6, 6.07) is 15.4. The van der Waals surface area contributed by atoms with E-state index in [4.69, 9.17) is 32.7 Å². The standard InChI is InChI=1S/C18H18Cl2O2/c1-14(12-21-17-8-4-2-6-15(17)10-19)13-22-18-9-5-3-7-16(18)11-20/h2-9H,1,10-13H2. The van der Waals surface area contributed by atoms with Crippen molar-refractivity contribution in [1.29, 1.82) is 0 Å². The molecular formula is C18H18Cl2O2. The topological polar surface area (TPSA) is 18.5 Å². The minimum absolute atomic E-state index is 0.386. The molecule has 0 fully saturated rings. The maximum Gasteiger partial charge on any atom is 0.124 e. The molecule has 0 amide bonds. The van der Waals surface area contributed by atoms with Crippen LogP contribution in [-0.2, 0) is 11.8 Å². The SMILES string of the molecule is C=C(COc1ccccc1CCl)COc1ccccc1CCl. The number of rotatable bonds is 8. The van der Waals surface area contributed by atoms with Gasteiger partial charge in [-0.2, -0.15) is 0 Å². The molecule has 0 atom stereocenters. The third-order valence-electron chi connectivity index (χ3n) is 3.10. The first-order valence-electron chi connectivity index (χ1n) is 6.94. The molecule has 2 aromatic rings. The van der Waals surface area contributed by atoms with Gasteiger partial charge in [0.2, 0.25) is 0 Å². The van der Waals surface area contributed by atoms with Gasteiger partial charge in [0, 0.05) is 11.1 Å². The quantitative estimate of drug-likeness (QED) is 0.488. The van der Waals surface area contributed by atoms with Crippen molar-refractivity contribution >= 4 is 23.2 Å². The van der Waals surface area contributed by atoms with Gasteiger partial charge in [-0.25, -0.2) is 0 Å². The molecule has 2 nitrogen and oxygen atoms in total. The second-order valence-corrected chi connectivity index (χ2v) is 5.34. The van der Waals surface area contributed by atoms with Crippen molar-refractivity contribution in [3.05, 3.63) is 71.8 Å². The van der Waals surface area contributed by atoms with Gasteiger partial charge in [0.1, 0.15) is 24.7 Å². The highest BCUT2D eigenvalue weighted by Gasteiger charge is 2.05. The van der Waals surface area contributed by atoms with Crippen LogP contribution in [0.25, 0.3) is 0 Å². The highest BCUT2D eigenvalue weighted by molar-refractivity contribution is 6.17. The fourth-order valence-corrected chi connectivity index (χ4v) is 2.35. The summed E-state index contributed by atoms with van der Waals surface area (Å²) in [7, 11) is 0. The summed E-state index contributed by atoms with van der Waals surface area (Å²) in [5.41, 5.74) is 2.77. The maximum atomic E-state index is 5.88. The van der Waals surface area contributed by atoms with E-state index < -0.39 is 0 Å². The Morgan fingerprint density at radius 2 is 1.18 bits per heavy atom. The van der Waals surface area contributed by atoms with Crippen LogP contribution in [0.1, 0.15) is 11.1 Å². The van der Waals surface area contributed by atoms with E-state index >= 15 is 0 Å². The molecule has 0 heterocycles. The Morgan fingerprint density at radius 3 is 1.59 bits per heavy atom. The van der Waals surface area contributed by atoms with Gasteiger partial charge in [-0.15, -0.1) is 23.2 Å². The number of ether oxygens (including phenoxy) is 2. The van der Waals surface area contributed by atoms with E-state index in [0.717, 1.165) is 28.2 Å². The van der Waals surface area contributed by atoms with Crippen LogP contribution < -0.4 is 9.47 Å². The highest BCUT2D eigenvalue weighted by Crippen LogP contribution is 2.22. The van der Waals surface area contributed by atoms with E-state index in [0.29, 0.717) is 25.0 Å². The lowest BCUT2D eigenvalue weighted by Crippen LogP contribution is -2.09. The summed E-state index contributed by atoms with van der Waals surface area (Å²) in [5.74, 6) is 2.39. The second-order valence-electron chi connectivity index (χ2n) is 4.81. The van der Waals surface area contributed by atoms with Gasteiger partial charge in [0.25, 0.3) is 0 Å². The monoisotopic (exact) mass is 336 g/mol. The number of para-hydroxylation sites is 2. The van der Waals surface area contributed by atoms with Crippen molar-refractivity contribution in [1.82, 2.24) is 0 Å². The summed E-state index contributed by atoms with van der Waals surface area (Å²) < 4.78 is 11.5. The first-order chi connectivity index (χ1) is 10.7. The maximum absolute atomic E-state index is 5.88. The lowest BCUT2D eigenvalue weighted by Gasteiger charge is -2.13. The molecule has 0 aromatic heterocycles. The molecule has 0 saturated carbocycles. The van der Waals surface area contributed by atoms with Gasteiger partial charge in [0.15, 0.2) is 0 Å². The van der Waals surface area contributed by atoms with Gasteiger partial charge in [-0.1, -0.05) is 43.0 Å². The molecule has 0 saturated heterocycles. The van der Waals surface area contributed by atoms with Crippen LogP contribution in [0.3, 0.4) is 0 Å². The minimum Gasteiger partial charge on any atom is -0.489 e. The van der Waals surface area contributed by atoms with Gasteiger partial charge in [-0.3, -0.25) is 0 Å². The average molecular weight is 337 g/mol. The first kappa shape index (κ1) is 16.7. The zero-order chi connectivity index (χ0) is 15.8. The van der Waals surface area contributed by atoms with Crippen LogP contribution >= 0.6 is 23.2 Å². The van der Waals surface area contributed by atoms with E-state index in [1.54, 1.807) is 0 Å². The first-order valence-corrected chi connectivity index (χ1v) is 8.01. The number of hydrogen-bond acceptors (Lipinski definition) is 2. The largest absolute Gasteiger partial charge is 0.489 e. The molecule has 0 radical (unpaired) electrons. The summed E-state index contributed by atoms with van der Waals surface area (Å²) in [5, 5.41) is 0. The van der Waals surface area contributed by atoms with Crippen LogP contribution in [0.15, 0.2) is 60.7 Å². The summed E-state index contributed by atoms with van der Waals surface area (Å²) in [6.07, 6.45) is 0. The molecule has 4 heteroatoms. The van der Waals surface area contributed by atoms with Crippen molar-refractivity contribution in [2.75, 3.05) is 13.2 Å². The molecule has 22 heavy (non-hydrogen) atoms. The Labute approximate surface area is 141 Å². The van der Waals surface area contributed by atoms with E-state index in [2.05, 4.69) is 6.58 Å². The molecule has 0 bridgehead atoms. The van der Waals surface area contributed by atoms with Gasteiger partial charge in [0.05, 0.1) is 11.8 Å². The van der Waals surface area contributed by atoms with Crippen LogP contribution in [0.2, 0.25) is 0 Å². The number of hydrogen-bond donors (Lipinski definition) is 0. The second kappa shape index (κ2) is 8.72. The Hall–Kier alpha value is -1.64. The lowest BCUT2D eigenvalue weighted by molar-refractivity contribution is 0.299. The van der Waals surface area contributed by atoms with E-state index in [-0.39, 0.29) is 0 Å². The van der Waals surface area contributed by atoms with Gasteiger partial charge in [-0.05, 0) is 17.7 Å². The van der Waals surface area contributed by atoms with E-state index in [1.807, 2.05) is 48.5 Å². The fraction of sp³-hybridized carbons (Fsp3) is 0.222. The molecule has 0 spiro atoms.